The van der Waals surface area contributed by atoms with Gasteiger partial charge in [0.15, 0.2) is 0 Å². The van der Waals surface area contributed by atoms with Crippen molar-refractivity contribution in [3.05, 3.63) is 0 Å². The first-order chi connectivity index (χ1) is 6.86. The molecule has 0 aromatic heterocycles. The van der Waals surface area contributed by atoms with Crippen LogP contribution in [-0.4, -0.2) is 38.9 Å². The molecule has 1 atom stereocenters. The van der Waals surface area contributed by atoms with Crippen LogP contribution in [0.2, 0.25) is 0 Å². The van der Waals surface area contributed by atoms with Crippen molar-refractivity contribution in [2.45, 2.75) is 25.7 Å². The summed E-state index contributed by atoms with van der Waals surface area (Å²) in [5, 5.41) is 2.05. The summed E-state index contributed by atoms with van der Waals surface area (Å²) in [5.74, 6) is 0.716. The van der Waals surface area contributed by atoms with Crippen molar-refractivity contribution in [2.75, 3.05) is 33.9 Å². The normalized spacial score (nSPS) is 25.7. The molecule has 1 rings (SSSR count). The molecule has 0 amide bonds. The molecule has 0 radical (unpaired) electrons. The fraction of sp³-hybridized carbons (Fsp3) is 1.00. The number of nitrogens with zero attached hydrogens (tertiary/aromatic N) is 1. The summed E-state index contributed by atoms with van der Waals surface area (Å²) in [6.07, 6.45) is 5.01. The lowest BCUT2D eigenvalue weighted by atomic mass is 9.97. The standard InChI is InChI=1S/C10H22N2O2/c1-13-11-9-10-5-3-4-7-12(14-2)8-6-10/h10-11H,3-9H2,1-2H3. The zero-order valence-electron chi connectivity index (χ0n) is 9.29. The van der Waals surface area contributed by atoms with E-state index in [1.54, 1.807) is 14.2 Å². The van der Waals surface area contributed by atoms with Crippen molar-refractivity contribution in [3.8, 4) is 0 Å². The summed E-state index contributed by atoms with van der Waals surface area (Å²) in [7, 11) is 3.42. The largest absolute Gasteiger partial charge is 0.305 e. The van der Waals surface area contributed by atoms with Gasteiger partial charge in [0.2, 0.25) is 0 Å². The second kappa shape index (κ2) is 7.17. The number of hydroxylamine groups is 3. The third-order valence-electron chi connectivity index (χ3n) is 2.83. The van der Waals surface area contributed by atoms with Gasteiger partial charge in [0, 0.05) is 19.6 Å². The molecule has 0 saturated carbocycles. The summed E-state index contributed by atoms with van der Waals surface area (Å²) in [6.45, 7) is 3.06. The van der Waals surface area contributed by atoms with Gasteiger partial charge in [-0.3, -0.25) is 0 Å². The first-order valence-electron chi connectivity index (χ1n) is 5.41. The number of hydrogen-bond donors (Lipinski definition) is 1. The zero-order chi connectivity index (χ0) is 10.2. The Balaban J connectivity index is 2.23. The van der Waals surface area contributed by atoms with Gasteiger partial charge in [0.25, 0.3) is 0 Å². The van der Waals surface area contributed by atoms with Crippen LogP contribution in [-0.2, 0) is 9.68 Å². The molecule has 1 aliphatic heterocycles. The average Bonchev–Trinajstić information content (AvgIpc) is 2.17. The molecule has 0 spiro atoms. The molecule has 4 heteroatoms. The Morgan fingerprint density at radius 2 is 2.07 bits per heavy atom. The van der Waals surface area contributed by atoms with Gasteiger partial charge < -0.3 is 9.68 Å². The van der Waals surface area contributed by atoms with Crippen LogP contribution >= 0.6 is 0 Å². The Labute approximate surface area is 86.5 Å². The van der Waals surface area contributed by atoms with E-state index in [2.05, 4.69) is 10.5 Å². The molecule has 4 nitrogen and oxygen atoms in total. The smallest absolute Gasteiger partial charge is 0.0575 e. The SMILES string of the molecule is CONCC1CCCCN(OC)CC1. The highest BCUT2D eigenvalue weighted by Gasteiger charge is 2.14. The van der Waals surface area contributed by atoms with E-state index in [1.165, 1.54) is 25.7 Å². The van der Waals surface area contributed by atoms with E-state index >= 15 is 0 Å². The maximum atomic E-state index is 5.26. The topological polar surface area (TPSA) is 33.7 Å². The zero-order valence-corrected chi connectivity index (χ0v) is 9.29. The van der Waals surface area contributed by atoms with E-state index in [1.807, 2.05) is 0 Å². The summed E-state index contributed by atoms with van der Waals surface area (Å²) in [5.41, 5.74) is 2.94. The molecule has 14 heavy (non-hydrogen) atoms. The molecule has 1 aliphatic rings. The highest BCUT2D eigenvalue weighted by atomic mass is 16.7. The van der Waals surface area contributed by atoms with Crippen molar-refractivity contribution < 1.29 is 9.68 Å². The molecule has 1 fully saturated rings. The Morgan fingerprint density at radius 1 is 1.21 bits per heavy atom. The lowest BCUT2D eigenvalue weighted by Crippen LogP contribution is -2.31. The van der Waals surface area contributed by atoms with Crippen LogP contribution < -0.4 is 5.48 Å². The lowest BCUT2D eigenvalue weighted by Gasteiger charge is -2.26. The van der Waals surface area contributed by atoms with Crippen LogP contribution in [0.1, 0.15) is 25.7 Å². The quantitative estimate of drug-likeness (QED) is 0.694. The highest BCUT2D eigenvalue weighted by Crippen LogP contribution is 2.16. The summed E-state index contributed by atoms with van der Waals surface area (Å²) >= 11 is 0. The van der Waals surface area contributed by atoms with E-state index in [-0.39, 0.29) is 0 Å². The average molecular weight is 202 g/mol. The third-order valence-corrected chi connectivity index (χ3v) is 2.83. The first kappa shape index (κ1) is 11.9. The van der Waals surface area contributed by atoms with Gasteiger partial charge in [-0.05, 0) is 25.2 Å². The van der Waals surface area contributed by atoms with Crippen LogP contribution in [0.3, 0.4) is 0 Å². The van der Waals surface area contributed by atoms with Crippen LogP contribution in [0.5, 0.6) is 0 Å². The summed E-state index contributed by atoms with van der Waals surface area (Å²) in [4.78, 5) is 10.1. The van der Waals surface area contributed by atoms with E-state index < -0.39 is 0 Å². The molecule has 0 bridgehead atoms. The molecule has 1 unspecified atom stereocenters. The Kier molecular flexibility index (Phi) is 6.10. The van der Waals surface area contributed by atoms with Gasteiger partial charge >= 0.3 is 0 Å². The second-order valence-corrected chi connectivity index (χ2v) is 3.81. The maximum absolute atomic E-state index is 5.26. The number of rotatable bonds is 4. The first-order valence-corrected chi connectivity index (χ1v) is 5.41. The van der Waals surface area contributed by atoms with Crippen molar-refractivity contribution in [1.82, 2.24) is 10.5 Å². The monoisotopic (exact) mass is 202 g/mol. The molecular weight excluding hydrogens is 180 g/mol. The molecule has 1 saturated heterocycles. The predicted molar refractivity (Wildman–Crippen MR) is 55.6 cm³/mol. The van der Waals surface area contributed by atoms with Crippen LogP contribution in [0, 0.1) is 5.92 Å². The Morgan fingerprint density at radius 3 is 2.79 bits per heavy atom. The van der Waals surface area contributed by atoms with Crippen molar-refractivity contribution in [2.24, 2.45) is 5.92 Å². The van der Waals surface area contributed by atoms with Gasteiger partial charge in [0.1, 0.15) is 0 Å². The fourth-order valence-electron chi connectivity index (χ4n) is 1.89. The number of nitrogens with one attached hydrogen (secondary N) is 1. The minimum atomic E-state index is 0.716. The van der Waals surface area contributed by atoms with Gasteiger partial charge in [-0.25, -0.2) is 5.48 Å². The summed E-state index contributed by atoms with van der Waals surface area (Å²) in [6, 6.07) is 0. The molecular formula is C10H22N2O2. The third kappa shape index (κ3) is 4.37. The molecule has 1 N–H and O–H groups in total. The van der Waals surface area contributed by atoms with Gasteiger partial charge in [-0.2, -0.15) is 5.06 Å². The van der Waals surface area contributed by atoms with Crippen LogP contribution in [0.4, 0.5) is 0 Å². The van der Waals surface area contributed by atoms with E-state index in [0.29, 0.717) is 5.92 Å². The van der Waals surface area contributed by atoms with Gasteiger partial charge in [-0.1, -0.05) is 6.42 Å². The highest BCUT2D eigenvalue weighted by molar-refractivity contribution is 4.66. The molecule has 84 valence electrons. The van der Waals surface area contributed by atoms with Gasteiger partial charge in [0.05, 0.1) is 14.2 Å². The Hall–Kier alpha value is -0.160. The minimum absolute atomic E-state index is 0.716. The van der Waals surface area contributed by atoms with Crippen LogP contribution in [0.25, 0.3) is 0 Å². The molecule has 0 aromatic carbocycles. The molecule has 0 aliphatic carbocycles. The second-order valence-electron chi connectivity index (χ2n) is 3.81. The maximum Gasteiger partial charge on any atom is 0.0575 e. The molecule has 1 heterocycles. The molecule has 0 aromatic rings. The van der Waals surface area contributed by atoms with E-state index in [0.717, 1.165) is 19.6 Å². The minimum Gasteiger partial charge on any atom is -0.305 e. The predicted octanol–water partition coefficient (Wildman–Crippen LogP) is 1.19. The van der Waals surface area contributed by atoms with Crippen molar-refractivity contribution in [3.63, 3.8) is 0 Å². The number of hydrogen-bond acceptors (Lipinski definition) is 4. The van der Waals surface area contributed by atoms with E-state index in [4.69, 9.17) is 9.68 Å². The fourth-order valence-corrected chi connectivity index (χ4v) is 1.89. The van der Waals surface area contributed by atoms with Crippen LogP contribution in [0.15, 0.2) is 0 Å². The van der Waals surface area contributed by atoms with Crippen molar-refractivity contribution >= 4 is 0 Å². The van der Waals surface area contributed by atoms with Crippen molar-refractivity contribution in [1.29, 1.82) is 0 Å². The Bertz CT molecular complexity index is 142. The van der Waals surface area contributed by atoms with Gasteiger partial charge in [-0.15, -0.1) is 0 Å². The van der Waals surface area contributed by atoms with E-state index in [9.17, 15) is 0 Å². The lowest BCUT2D eigenvalue weighted by molar-refractivity contribution is -0.137. The summed E-state index contributed by atoms with van der Waals surface area (Å²) < 4.78 is 0.